The van der Waals surface area contributed by atoms with Crippen LogP contribution in [-0.2, 0) is 6.54 Å². The SMILES string of the molecule is CN(Cc1ncc[nH]1)C(=O)c1cc([N+](=O)[O-])cc(Cl)c1Cl. The Morgan fingerprint density at radius 1 is 1.48 bits per heavy atom. The molecule has 0 aliphatic carbocycles. The maximum atomic E-state index is 12.3. The lowest BCUT2D eigenvalue weighted by Gasteiger charge is -2.16. The third-order valence-corrected chi connectivity index (χ3v) is 3.54. The van der Waals surface area contributed by atoms with Crippen molar-refractivity contribution in [3.05, 3.63) is 56.1 Å². The molecule has 2 aromatic rings. The van der Waals surface area contributed by atoms with Crippen LogP contribution >= 0.6 is 23.2 Å². The van der Waals surface area contributed by atoms with E-state index in [4.69, 9.17) is 23.2 Å². The number of nitro benzene ring substituents is 1. The minimum absolute atomic E-state index is 0.0152. The first-order chi connectivity index (χ1) is 9.90. The van der Waals surface area contributed by atoms with Crippen molar-refractivity contribution in [2.75, 3.05) is 7.05 Å². The number of nitrogens with zero attached hydrogens (tertiary/aromatic N) is 3. The number of amides is 1. The lowest BCUT2D eigenvalue weighted by atomic mass is 10.1. The molecule has 1 aromatic carbocycles. The van der Waals surface area contributed by atoms with Crippen molar-refractivity contribution in [1.29, 1.82) is 0 Å². The zero-order chi connectivity index (χ0) is 15.6. The van der Waals surface area contributed by atoms with Gasteiger partial charge >= 0.3 is 0 Å². The van der Waals surface area contributed by atoms with Gasteiger partial charge in [-0.2, -0.15) is 0 Å². The highest BCUT2D eigenvalue weighted by Gasteiger charge is 2.22. The number of imidazole rings is 1. The predicted molar refractivity (Wildman–Crippen MR) is 77.5 cm³/mol. The number of hydrogen-bond acceptors (Lipinski definition) is 4. The van der Waals surface area contributed by atoms with Crippen molar-refractivity contribution < 1.29 is 9.72 Å². The van der Waals surface area contributed by atoms with Crippen molar-refractivity contribution >= 4 is 34.8 Å². The lowest BCUT2D eigenvalue weighted by molar-refractivity contribution is -0.384. The third kappa shape index (κ3) is 3.32. The zero-order valence-electron chi connectivity index (χ0n) is 10.8. The summed E-state index contributed by atoms with van der Waals surface area (Å²) in [6.45, 7) is 0.211. The van der Waals surface area contributed by atoms with Gasteiger partial charge in [0.1, 0.15) is 5.82 Å². The minimum atomic E-state index is -0.633. The largest absolute Gasteiger partial charge is 0.347 e. The molecule has 9 heteroatoms. The van der Waals surface area contributed by atoms with Gasteiger partial charge in [-0.1, -0.05) is 23.2 Å². The molecule has 0 bridgehead atoms. The molecule has 1 heterocycles. The number of aromatic amines is 1. The van der Waals surface area contributed by atoms with Gasteiger partial charge in [0, 0.05) is 31.6 Å². The van der Waals surface area contributed by atoms with Crippen molar-refractivity contribution in [1.82, 2.24) is 14.9 Å². The van der Waals surface area contributed by atoms with Gasteiger partial charge in [-0.3, -0.25) is 14.9 Å². The van der Waals surface area contributed by atoms with Gasteiger partial charge < -0.3 is 9.88 Å². The average molecular weight is 329 g/mol. The second-order valence-corrected chi connectivity index (χ2v) is 5.03. The Hall–Kier alpha value is -2.12. The van der Waals surface area contributed by atoms with Crippen LogP contribution in [0.2, 0.25) is 10.0 Å². The third-order valence-electron chi connectivity index (χ3n) is 2.74. The molecule has 0 aliphatic rings. The van der Waals surface area contributed by atoms with Gasteiger partial charge in [0.15, 0.2) is 0 Å². The molecule has 0 radical (unpaired) electrons. The Kier molecular flexibility index (Phi) is 4.44. The molecule has 0 saturated heterocycles. The lowest BCUT2D eigenvalue weighted by Crippen LogP contribution is -2.27. The molecule has 1 N–H and O–H groups in total. The van der Waals surface area contributed by atoms with E-state index >= 15 is 0 Å². The quantitative estimate of drug-likeness (QED) is 0.689. The highest BCUT2D eigenvalue weighted by atomic mass is 35.5. The number of H-pyrrole nitrogens is 1. The van der Waals surface area contributed by atoms with Gasteiger partial charge in [-0.05, 0) is 0 Å². The molecule has 0 aliphatic heterocycles. The number of aromatic nitrogens is 2. The van der Waals surface area contributed by atoms with Gasteiger partial charge in [-0.25, -0.2) is 4.98 Å². The summed E-state index contributed by atoms with van der Waals surface area (Å²) in [5, 5.41) is 10.8. The number of nitro groups is 1. The topological polar surface area (TPSA) is 92.1 Å². The smallest absolute Gasteiger partial charge is 0.271 e. The van der Waals surface area contributed by atoms with E-state index in [-0.39, 0.29) is 27.8 Å². The van der Waals surface area contributed by atoms with Gasteiger partial charge in [0.05, 0.1) is 27.1 Å². The van der Waals surface area contributed by atoms with Crippen LogP contribution in [0, 0.1) is 10.1 Å². The van der Waals surface area contributed by atoms with E-state index in [1.54, 1.807) is 12.4 Å². The minimum Gasteiger partial charge on any atom is -0.347 e. The van der Waals surface area contributed by atoms with Gasteiger partial charge in [0.2, 0.25) is 0 Å². The first-order valence-electron chi connectivity index (χ1n) is 5.77. The van der Waals surface area contributed by atoms with E-state index in [0.717, 1.165) is 12.1 Å². The van der Waals surface area contributed by atoms with Crippen LogP contribution in [0.25, 0.3) is 0 Å². The number of carbonyl (C=O) groups is 1. The van der Waals surface area contributed by atoms with E-state index in [9.17, 15) is 14.9 Å². The summed E-state index contributed by atoms with van der Waals surface area (Å²) in [6, 6.07) is 2.21. The second kappa shape index (κ2) is 6.11. The molecule has 0 fully saturated rings. The summed E-state index contributed by atoms with van der Waals surface area (Å²) in [5.74, 6) is 0.0977. The molecule has 1 aromatic heterocycles. The Balaban J connectivity index is 2.31. The summed E-state index contributed by atoms with van der Waals surface area (Å²) in [6.07, 6.45) is 3.19. The zero-order valence-corrected chi connectivity index (χ0v) is 12.4. The summed E-state index contributed by atoms with van der Waals surface area (Å²) in [5.41, 5.74) is -0.316. The Morgan fingerprint density at radius 2 is 2.19 bits per heavy atom. The number of rotatable bonds is 4. The van der Waals surface area contributed by atoms with Crippen LogP contribution in [0.5, 0.6) is 0 Å². The number of benzene rings is 1. The van der Waals surface area contributed by atoms with Crippen LogP contribution in [0.3, 0.4) is 0 Å². The van der Waals surface area contributed by atoms with Crippen molar-refractivity contribution in [2.45, 2.75) is 6.54 Å². The van der Waals surface area contributed by atoms with E-state index in [1.807, 2.05) is 0 Å². The average Bonchev–Trinajstić information content (AvgIpc) is 2.93. The number of nitrogens with one attached hydrogen (secondary N) is 1. The molecule has 0 spiro atoms. The summed E-state index contributed by atoms with van der Waals surface area (Å²) >= 11 is 11.8. The molecular weight excluding hydrogens is 319 g/mol. The van der Waals surface area contributed by atoms with Crippen molar-refractivity contribution in [3.8, 4) is 0 Å². The van der Waals surface area contributed by atoms with Crippen LogP contribution < -0.4 is 0 Å². The molecule has 21 heavy (non-hydrogen) atoms. The van der Waals surface area contributed by atoms with Crippen LogP contribution in [0.15, 0.2) is 24.5 Å². The normalized spacial score (nSPS) is 10.4. The predicted octanol–water partition coefficient (Wildman–Crippen LogP) is 2.90. The molecule has 0 atom stereocenters. The fraction of sp³-hybridized carbons (Fsp3) is 0.167. The van der Waals surface area contributed by atoms with Gasteiger partial charge in [0.25, 0.3) is 11.6 Å². The van der Waals surface area contributed by atoms with Crippen LogP contribution in [0.4, 0.5) is 5.69 Å². The number of non-ortho nitro benzene ring substituents is 1. The molecule has 2 rings (SSSR count). The molecule has 7 nitrogen and oxygen atoms in total. The fourth-order valence-electron chi connectivity index (χ4n) is 1.72. The van der Waals surface area contributed by atoms with Crippen LogP contribution in [-0.4, -0.2) is 32.7 Å². The highest BCUT2D eigenvalue weighted by molar-refractivity contribution is 6.44. The summed E-state index contributed by atoms with van der Waals surface area (Å²) in [7, 11) is 1.54. The highest BCUT2D eigenvalue weighted by Crippen LogP contribution is 2.31. The summed E-state index contributed by atoms with van der Waals surface area (Å²) < 4.78 is 0. The molecule has 0 saturated carbocycles. The number of hydrogen-bond donors (Lipinski definition) is 1. The Labute approximate surface area is 129 Å². The summed E-state index contributed by atoms with van der Waals surface area (Å²) in [4.78, 5) is 30.7. The number of carbonyl (C=O) groups excluding carboxylic acids is 1. The Morgan fingerprint density at radius 3 is 2.76 bits per heavy atom. The number of halogens is 2. The standard InChI is InChI=1S/C12H10Cl2N4O3/c1-17(6-10-15-2-3-16-10)12(19)8-4-7(18(20)21)5-9(13)11(8)14/h2-5H,6H2,1H3,(H,15,16). The van der Waals surface area contributed by atoms with Gasteiger partial charge in [-0.15, -0.1) is 0 Å². The van der Waals surface area contributed by atoms with Crippen molar-refractivity contribution in [3.63, 3.8) is 0 Å². The monoisotopic (exact) mass is 328 g/mol. The van der Waals surface area contributed by atoms with E-state index in [2.05, 4.69) is 9.97 Å². The Bertz CT molecular complexity index is 688. The molecule has 1 amide bonds. The maximum Gasteiger partial charge on any atom is 0.271 e. The van der Waals surface area contributed by atoms with Crippen LogP contribution in [0.1, 0.15) is 16.2 Å². The molecular formula is C12H10Cl2N4O3. The second-order valence-electron chi connectivity index (χ2n) is 4.24. The maximum absolute atomic E-state index is 12.3. The van der Waals surface area contributed by atoms with E-state index < -0.39 is 10.8 Å². The molecule has 110 valence electrons. The van der Waals surface area contributed by atoms with Crippen molar-refractivity contribution in [2.24, 2.45) is 0 Å². The first kappa shape index (κ1) is 15.3. The van der Waals surface area contributed by atoms with E-state index in [0.29, 0.717) is 5.82 Å². The fourth-order valence-corrected chi connectivity index (χ4v) is 2.13. The molecule has 0 unspecified atom stereocenters. The first-order valence-corrected chi connectivity index (χ1v) is 6.53. The van der Waals surface area contributed by atoms with E-state index in [1.165, 1.54) is 11.9 Å².